The van der Waals surface area contributed by atoms with Gasteiger partial charge in [-0.2, -0.15) is 0 Å². The first-order chi connectivity index (χ1) is 12.9. The van der Waals surface area contributed by atoms with Gasteiger partial charge in [0.1, 0.15) is 0 Å². The zero-order valence-electron chi connectivity index (χ0n) is 14.6. The monoisotopic (exact) mass is 405 g/mol. The molecule has 1 aliphatic rings. The summed E-state index contributed by atoms with van der Waals surface area (Å²) in [6, 6.07) is 10.2. The molecule has 0 bridgehead atoms. The Balaban J connectivity index is 1.89. The summed E-state index contributed by atoms with van der Waals surface area (Å²) < 4.78 is 10.2. The van der Waals surface area contributed by atoms with Crippen LogP contribution in [0, 0.1) is 0 Å². The molecule has 1 heterocycles. The van der Waals surface area contributed by atoms with E-state index in [1.165, 1.54) is 14.2 Å². The maximum absolute atomic E-state index is 12.7. The van der Waals surface area contributed by atoms with Gasteiger partial charge in [0, 0.05) is 5.02 Å². The summed E-state index contributed by atoms with van der Waals surface area (Å²) in [4.78, 5) is 26.4. The minimum Gasteiger partial charge on any atom is -0.502 e. The van der Waals surface area contributed by atoms with E-state index < -0.39 is 5.91 Å². The topological polar surface area (TPSA) is 76.1 Å². The van der Waals surface area contributed by atoms with Gasteiger partial charge in [-0.05, 0) is 47.2 Å². The number of amides is 2. The van der Waals surface area contributed by atoms with Gasteiger partial charge in [-0.3, -0.25) is 14.5 Å². The van der Waals surface area contributed by atoms with Crippen molar-refractivity contribution < 1.29 is 24.2 Å². The number of hydrogen-bond donors (Lipinski definition) is 1. The summed E-state index contributed by atoms with van der Waals surface area (Å²) in [5.74, 6) is -0.133. The van der Waals surface area contributed by atoms with Crippen molar-refractivity contribution in [2.75, 3.05) is 14.2 Å². The summed E-state index contributed by atoms with van der Waals surface area (Å²) in [7, 11) is 2.82. The molecule has 0 aliphatic carbocycles. The molecule has 1 N–H and O–H groups in total. The fraction of sp³-hybridized carbons (Fsp3) is 0.158. The molecular formula is C19H16ClNO5S. The van der Waals surface area contributed by atoms with E-state index in [0.29, 0.717) is 16.1 Å². The van der Waals surface area contributed by atoms with Gasteiger partial charge < -0.3 is 14.6 Å². The number of carbonyl (C=O) groups excluding carboxylic acids is 2. The largest absolute Gasteiger partial charge is 0.502 e. The predicted molar refractivity (Wildman–Crippen MR) is 104 cm³/mol. The van der Waals surface area contributed by atoms with Crippen molar-refractivity contribution in [2.24, 2.45) is 0 Å². The summed E-state index contributed by atoms with van der Waals surface area (Å²) in [6.45, 7) is 0.101. The van der Waals surface area contributed by atoms with Crippen molar-refractivity contribution in [1.82, 2.24) is 4.90 Å². The van der Waals surface area contributed by atoms with Crippen LogP contribution in [-0.4, -0.2) is 35.4 Å². The van der Waals surface area contributed by atoms with Crippen LogP contribution < -0.4 is 9.47 Å². The number of aromatic hydroxyl groups is 1. The molecule has 1 aliphatic heterocycles. The molecule has 8 heteroatoms. The highest BCUT2D eigenvalue weighted by molar-refractivity contribution is 8.18. The molecule has 0 unspecified atom stereocenters. The first-order valence-electron chi connectivity index (χ1n) is 7.88. The Morgan fingerprint density at radius 3 is 2.37 bits per heavy atom. The van der Waals surface area contributed by atoms with Gasteiger partial charge in [-0.15, -0.1) is 0 Å². The van der Waals surface area contributed by atoms with Crippen LogP contribution >= 0.6 is 23.4 Å². The Morgan fingerprint density at radius 1 is 1.15 bits per heavy atom. The second kappa shape index (κ2) is 7.94. The second-order valence-electron chi connectivity index (χ2n) is 5.63. The normalized spacial score (nSPS) is 15.5. The minimum absolute atomic E-state index is 0.101. The number of phenolic OH excluding ortho intramolecular Hbond substituents is 1. The van der Waals surface area contributed by atoms with E-state index in [-0.39, 0.29) is 33.9 Å². The third-order valence-corrected chi connectivity index (χ3v) is 5.24. The van der Waals surface area contributed by atoms with Crippen molar-refractivity contribution in [3.05, 3.63) is 57.5 Å². The zero-order valence-corrected chi connectivity index (χ0v) is 16.1. The molecule has 0 radical (unpaired) electrons. The molecule has 0 atom stereocenters. The lowest BCUT2D eigenvalue weighted by molar-refractivity contribution is -0.123. The highest BCUT2D eigenvalue weighted by Gasteiger charge is 2.35. The van der Waals surface area contributed by atoms with Gasteiger partial charge >= 0.3 is 0 Å². The molecule has 3 rings (SSSR count). The molecule has 0 aromatic heterocycles. The van der Waals surface area contributed by atoms with Crippen LogP contribution in [0.2, 0.25) is 5.02 Å². The number of methoxy groups -OCH3 is 2. The van der Waals surface area contributed by atoms with Crippen LogP contribution in [0.15, 0.2) is 41.3 Å². The van der Waals surface area contributed by atoms with E-state index in [2.05, 4.69) is 0 Å². The molecule has 2 amide bonds. The maximum Gasteiger partial charge on any atom is 0.293 e. The molecular weight excluding hydrogens is 390 g/mol. The number of nitrogens with zero attached hydrogens (tertiary/aromatic N) is 1. The first-order valence-corrected chi connectivity index (χ1v) is 9.07. The van der Waals surface area contributed by atoms with E-state index in [1.54, 1.807) is 42.5 Å². The standard InChI is InChI=1S/C19H16ClNO5S/c1-25-14-7-11(8-15(26-2)17(14)22)9-16-18(23)21(19(24)27-16)10-12-5-3-4-6-13(12)20/h3-9,22H,10H2,1-2H3/b16-9+. The minimum atomic E-state index is -0.407. The van der Waals surface area contributed by atoms with E-state index in [9.17, 15) is 14.7 Å². The fourth-order valence-electron chi connectivity index (χ4n) is 2.58. The van der Waals surface area contributed by atoms with Crippen molar-refractivity contribution in [3.63, 3.8) is 0 Å². The molecule has 2 aromatic carbocycles. The Labute approximate surface area is 165 Å². The Bertz CT molecular complexity index is 918. The van der Waals surface area contributed by atoms with Gasteiger partial charge in [-0.25, -0.2) is 0 Å². The Kier molecular flexibility index (Phi) is 5.62. The number of rotatable bonds is 5. The average Bonchev–Trinajstić information content (AvgIpc) is 2.92. The van der Waals surface area contributed by atoms with Crippen molar-refractivity contribution in [2.45, 2.75) is 6.54 Å². The van der Waals surface area contributed by atoms with Gasteiger partial charge in [0.15, 0.2) is 11.5 Å². The predicted octanol–water partition coefficient (Wildman–Crippen LogP) is 4.30. The van der Waals surface area contributed by atoms with E-state index in [1.807, 2.05) is 0 Å². The van der Waals surface area contributed by atoms with Crippen LogP contribution in [0.5, 0.6) is 17.2 Å². The number of halogens is 1. The van der Waals surface area contributed by atoms with Gasteiger partial charge in [0.2, 0.25) is 5.75 Å². The lowest BCUT2D eigenvalue weighted by Crippen LogP contribution is -2.27. The highest BCUT2D eigenvalue weighted by Crippen LogP contribution is 2.39. The SMILES string of the molecule is COc1cc(/C=C2/SC(=O)N(Cc3ccccc3Cl)C2=O)cc(OC)c1O. The summed E-state index contributed by atoms with van der Waals surface area (Å²) in [6.07, 6.45) is 1.56. The van der Waals surface area contributed by atoms with E-state index in [4.69, 9.17) is 21.1 Å². The van der Waals surface area contributed by atoms with Crippen molar-refractivity contribution >= 4 is 40.6 Å². The summed E-state index contributed by atoms with van der Waals surface area (Å²) in [5, 5.41) is 10.1. The maximum atomic E-state index is 12.7. The number of ether oxygens (including phenoxy) is 2. The zero-order chi connectivity index (χ0) is 19.6. The second-order valence-corrected chi connectivity index (χ2v) is 7.03. The van der Waals surface area contributed by atoms with Gasteiger partial charge in [0.25, 0.3) is 11.1 Å². The van der Waals surface area contributed by atoms with Crippen LogP contribution in [-0.2, 0) is 11.3 Å². The molecule has 6 nitrogen and oxygen atoms in total. The number of imide groups is 1. The number of thioether (sulfide) groups is 1. The van der Waals surface area contributed by atoms with E-state index >= 15 is 0 Å². The number of carbonyl (C=O) groups is 2. The number of hydrogen-bond acceptors (Lipinski definition) is 6. The van der Waals surface area contributed by atoms with Crippen LogP contribution in [0.25, 0.3) is 6.08 Å². The fourth-order valence-corrected chi connectivity index (χ4v) is 3.62. The van der Waals surface area contributed by atoms with Crippen molar-refractivity contribution in [3.8, 4) is 17.2 Å². The lowest BCUT2D eigenvalue weighted by atomic mass is 10.1. The van der Waals surface area contributed by atoms with Crippen LogP contribution in [0.3, 0.4) is 0 Å². The Morgan fingerprint density at radius 2 is 1.78 bits per heavy atom. The molecule has 1 saturated heterocycles. The first kappa shape index (κ1) is 19.1. The summed E-state index contributed by atoms with van der Waals surface area (Å²) in [5.41, 5.74) is 1.25. The van der Waals surface area contributed by atoms with Crippen LogP contribution in [0.1, 0.15) is 11.1 Å². The smallest absolute Gasteiger partial charge is 0.293 e. The van der Waals surface area contributed by atoms with Gasteiger partial charge in [0.05, 0.1) is 25.7 Å². The van der Waals surface area contributed by atoms with Crippen molar-refractivity contribution in [1.29, 1.82) is 0 Å². The highest BCUT2D eigenvalue weighted by atomic mass is 35.5. The third-order valence-electron chi connectivity index (χ3n) is 3.96. The molecule has 27 heavy (non-hydrogen) atoms. The molecule has 1 fully saturated rings. The number of benzene rings is 2. The lowest BCUT2D eigenvalue weighted by Gasteiger charge is -2.13. The number of phenols is 1. The molecule has 0 spiro atoms. The van der Waals surface area contributed by atoms with E-state index in [0.717, 1.165) is 16.7 Å². The van der Waals surface area contributed by atoms with Crippen LogP contribution in [0.4, 0.5) is 4.79 Å². The Hall–Kier alpha value is -2.64. The molecule has 2 aromatic rings. The summed E-state index contributed by atoms with van der Waals surface area (Å²) >= 11 is 6.97. The molecule has 140 valence electrons. The molecule has 0 saturated carbocycles. The van der Waals surface area contributed by atoms with Gasteiger partial charge in [-0.1, -0.05) is 29.8 Å². The quantitative estimate of drug-likeness (QED) is 0.747. The third kappa shape index (κ3) is 3.89. The average molecular weight is 406 g/mol.